The summed E-state index contributed by atoms with van der Waals surface area (Å²) in [6, 6.07) is 5.72. The lowest BCUT2D eigenvalue weighted by Gasteiger charge is -2.19. The van der Waals surface area contributed by atoms with Crippen molar-refractivity contribution in [3.63, 3.8) is 0 Å². The number of rotatable bonds is 6. The van der Waals surface area contributed by atoms with E-state index in [4.69, 9.17) is 0 Å². The Hall–Kier alpha value is -0.870. The monoisotopic (exact) mass is 283 g/mol. The molecule has 0 aliphatic rings. The van der Waals surface area contributed by atoms with Gasteiger partial charge in [-0.25, -0.2) is 8.42 Å². The van der Waals surface area contributed by atoms with Crippen molar-refractivity contribution in [2.45, 2.75) is 57.2 Å². The lowest BCUT2D eigenvalue weighted by atomic mass is 10.2. The van der Waals surface area contributed by atoms with E-state index in [1.807, 2.05) is 39.8 Å². The van der Waals surface area contributed by atoms with Crippen LogP contribution < -0.4 is 5.32 Å². The molecule has 4 heteroatoms. The molecule has 0 amide bonds. The van der Waals surface area contributed by atoms with Crippen LogP contribution in [0.2, 0.25) is 0 Å². The molecule has 0 bridgehead atoms. The predicted molar refractivity (Wildman–Crippen MR) is 80.3 cm³/mol. The summed E-state index contributed by atoms with van der Waals surface area (Å²) in [5.74, 6) is 0. The van der Waals surface area contributed by atoms with Crippen LogP contribution in [0.4, 0.5) is 0 Å². The van der Waals surface area contributed by atoms with Crippen LogP contribution in [-0.4, -0.2) is 26.3 Å². The summed E-state index contributed by atoms with van der Waals surface area (Å²) in [6.45, 7) is 10.5. The molecule has 0 aliphatic heterocycles. The van der Waals surface area contributed by atoms with Crippen LogP contribution in [-0.2, 0) is 9.84 Å². The lowest BCUT2D eigenvalue weighted by Crippen LogP contribution is -2.32. The minimum atomic E-state index is -3.24. The Kier molecular flexibility index (Phi) is 5.56. The van der Waals surface area contributed by atoms with Gasteiger partial charge in [0.1, 0.15) is 0 Å². The first-order valence-corrected chi connectivity index (χ1v) is 8.38. The van der Waals surface area contributed by atoms with Gasteiger partial charge in [-0.05, 0) is 52.3 Å². The largest absolute Gasteiger partial charge is 0.314 e. The molecule has 1 aromatic carbocycles. The van der Waals surface area contributed by atoms with Crippen molar-refractivity contribution in [3.8, 4) is 0 Å². The van der Waals surface area contributed by atoms with Gasteiger partial charge in [0, 0.05) is 6.04 Å². The average molecular weight is 283 g/mol. The third-order valence-corrected chi connectivity index (χ3v) is 5.73. The van der Waals surface area contributed by atoms with E-state index in [0.29, 0.717) is 11.3 Å². The molecule has 19 heavy (non-hydrogen) atoms. The van der Waals surface area contributed by atoms with E-state index in [1.165, 1.54) is 0 Å². The van der Waals surface area contributed by atoms with Crippen LogP contribution in [0.5, 0.6) is 0 Å². The van der Waals surface area contributed by atoms with E-state index >= 15 is 0 Å². The predicted octanol–water partition coefficient (Wildman–Crippen LogP) is 2.85. The second-order valence-corrected chi connectivity index (χ2v) is 7.65. The van der Waals surface area contributed by atoms with E-state index in [2.05, 4.69) is 5.32 Å². The van der Waals surface area contributed by atoms with Gasteiger partial charge in [-0.2, -0.15) is 0 Å². The number of hydrogen-bond acceptors (Lipinski definition) is 3. The van der Waals surface area contributed by atoms with Crippen molar-refractivity contribution in [2.24, 2.45) is 0 Å². The molecule has 0 spiro atoms. The van der Waals surface area contributed by atoms with E-state index in [0.717, 1.165) is 17.7 Å². The molecule has 2 atom stereocenters. The van der Waals surface area contributed by atoms with Crippen LogP contribution in [0.1, 0.15) is 38.3 Å². The van der Waals surface area contributed by atoms with Crippen molar-refractivity contribution >= 4 is 9.84 Å². The summed E-state index contributed by atoms with van der Waals surface area (Å²) >= 11 is 0. The van der Waals surface area contributed by atoms with Gasteiger partial charge in [-0.3, -0.25) is 0 Å². The van der Waals surface area contributed by atoms with Gasteiger partial charge in [0.2, 0.25) is 0 Å². The van der Waals surface area contributed by atoms with Gasteiger partial charge in [0.05, 0.1) is 10.1 Å². The zero-order valence-electron chi connectivity index (χ0n) is 12.5. The summed E-state index contributed by atoms with van der Waals surface area (Å²) in [4.78, 5) is 0.467. The maximum Gasteiger partial charge on any atom is 0.181 e. The van der Waals surface area contributed by atoms with E-state index in [9.17, 15) is 8.42 Å². The third kappa shape index (κ3) is 4.05. The van der Waals surface area contributed by atoms with Gasteiger partial charge in [-0.1, -0.05) is 24.6 Å². The van der Waals surface area contributed by atoms with Gasteiger partial charge < -0.3 is 5.32 Å². The highest BCUT2D eigenvalue weighted by molar-refractivity contribution is 7.92. The van der Waals surface area contributed by atoms with Crippen molar-refractivity contribution in [3.05, 3.63) is 29.3 Å². The van der Waals surface area contributed by atoms with Crippen LogP contribution >= 0.6 is 0 Å². The van der Waals surface area contributed by atoms with Crippen molar-refractivity contribution in [2.75, 3.05) is 6.54 Å². The molecular formula is C15H25NO2S. The summed E-state index contributed by atoms with van der Waals surface area (Å²) < 4.78 is 25.2. The number of aryl methyl sites for hydroxylation is 2. The van der Waals surface area contributed by atoms with Gasteiger partial charge in [-0.15, -0.1) is 0 Å². The first-order valence-electron chi connectivity index (χ1n) is 6.83. The van der Waals surface area contributed by atoms with Crippen molar-refractivity contribution < 1.29 is 8.42 Å². The van der Waals surface area contributed by atoms with Crippen LogP contribution in [0.15, 0.2) is 23.1 Å². The molecule has 3 nitrogen and oxygen atoms in total. The van der Waals surface area contributed by atoms with Crippen LogP contribution in [0.3, 0.4) is 0 Å². The summed E-state index contributed by atoms with van der Waals surface area (Å²) in [5, 5.41) is 2.89. The zero-order chi connectivity index (χ0) is 14.6. The zero-order valence-corrected chi connectivity index (χ0v) is 13.3. The highest BCUT2D eigenvalue weighted by atomic mass is 32.2. The van der Waals surface area contributed by atoms with Crippen molar-refractivity contribution in [1.29, 1.82) is 0 Å². The fraction of sp³-hybridized carbons (Fsp3) is 0.600. The third-order valence-electron chi connectivity index (χ3n) is 3.40. The second kappa shape index (κ2) is 6.53. The fourth-order valence-corrected chi connectivity index (χ4v) is 4.13. The molecule has 0 saturated heterocycles. The first kappa shape index (κ1) is 16.2. The van der Waals surface area contributed by atoms with E-state index in [-0.39, 0.29) is 11.3 Å². The normalized spacial score (nSPS) is 15.2. The molecule has 108 valence electrons. The minimum absolute atomic E-state index is 0.209. The molecule has 0 radical (unpaired) electrons. The molecule has 1 N–H and O–H groups in total. The van der Waals surface area contributed by atoms with Crippen LogP contribution in [0, 0.1) is 13.8 Å². The maximum absolute atomic E-state index is 12.6. The SMILES string of the molecule is CCNC(C)CC(C)S(=O)(=O)c1ccc(C)cc1C. The average Bonchev–Trinajstić information content (AvgIpc) is 2.28. The Labute approximate surface area is 117 Å². The van der Waals surface area contributed by atoms with E-state index in [1.54, 1.807) is 13.0 Å². The summed E-state index contributed by atoms with van der Waals surface area (Å²) in [7, 11) is -3.24. The highest BCUT2D eigenvalue weighted by Crippen LogP contribution is 2.23. The Morgan fingerprint density at radius 3 is 2.37 bits per heavy atom. The first-order chi connectivity index (χ1) is 8.78. The Morgan fingerprint density at radius 2 is 1.84 bits per heavy atom. The number of hydrogen-bond donors (Lipinski definition) is 1. The Morgan fingerprint density at radius 1 is 1.21 bits per heavy atom. The molecule has 0 fully saturated rings. The summed E-state index contributed by atoms with van der Waals surface area (Å²) in [6.07, 6.45) is 0.628. The summed E-state index contributed by atoms with van der Waals surface area (Å²) in [5.41, 5.74) is 1.92. The quantitative estimate of drug-likeness (QED) is 0.873. The molecule has 0 aliphatic carbocycles. The van der Waals surface area contributed by atoms with E-state index < -0.39 is 9.84 Å². The fourth-order valence-electron chi connectivity index (χ4n) is 2.39. The highest BCUT2D eigenvalue weighted by Gasteiger charge is 2.26. The molecule has 2 unspecified atom stereocenters. The van der Waals surface area contributed by atoms with Gasteiger partial charge in [0.15, 0.2) is 9.84 Å². The van der Waals surface area contributed by atoms with Crippen molar-refractivity contribution in [1.82, 2.24) is 5.32 Å². The van der Waals surface area contributed by atoms with Gasteiger partial charge in [0.25, 0.3) is 0 Å². The Bertz CT molecular complexity index is 523. The second-order valence-electron chi connectivity index (χ2n) is 5.32. The minimum Gasteiger partial charge on any atom is -0.314 e. The smallest absolute Gasteiger partial charge is 0.181 e. The molecule has 0 heterocycles. The standard InChI is InChI=1S/C15H25NO2S/c1-6-16-13(4)10-14(5)19(17,18)15-8-7-11(2)9-12(15)3/h7-9,13-14,16H,6,10H2,1-5H3. The van der Waals surface area contributed by atoms with Gasteiger partial charge >= 0.3 is 0 Å². The number of sulfone groups is 1. The Balaban J connectivity index is 2.97. The maximum atomic E-state index is 12.6. The molecule has 0 saturated carbocycles. The van der Waals surface area contributed by atoms with Crippen LogP contribution in [0.25, 0.3) is 0 Å². The number of benzene rings is 1. The number of nitrogens with one attached hydrogen (secondary N) is 1. The molecule has 1 rings (SSSR count). The molecule has 1 aromatic rings. The topological polar surface area (TPSA) is 46.2 Å². The molecule has 0 aromatic heterocycles. The molecular weight excluding hydrogens is 258 g/mol. The lowest BCUT2D eigenvalue weighted by molar-refractivity contribution is 0.509.